The number of ether oxygens (including phenoxy) is 1. The van der Waals surface area contributed by atoms with E-state index in [9.17, 15) is 14.4 Å². The molecule has 8 heteroatoms. The van der Waals surface area contributed by atoms with E-state index in [2.05, 4.69) is 22.4 Å². The van der Waals surface area contributed by atoms with Crippen LogP contribution in [0.2, 0.25) is 0 Å². The van der Waals surface area contributed by atoms with Crippen molar-refractivity contribution in [2.75, 3.05) is 11.9 Å². The van der Waals surface area contributed by atoms with E-state index in [0.717, 1.165) is 19.3 Å². The molecule has 0 saturated carbocycles. The lowest BCUT2D eigenvalue weighted by atomic mass is 10.2. The number of carbonyl (C=O) groups is 1. The summed E-state index contributed by atoms with van der Waals surface area (Å²) in [5.74, 6) is -0.583. The van der Waals surface area contributed by atoms with Gasteiger partial charge in [-0.05, 0) is 13.3 Å². The summed E-state index contributed by atoms with van der Waals surface area (Å²) in [5.41, 5.74) is -1.38. The van der Waals surface area contributed by atoms with E-state index in [-0.39, 0.29) is 5.82 Å². The summed E-state index contributed by atoms with van der Waals surface area (Å²) in [6.45, 7) is 4.07. The highest BCUT2D eigenvalue weighted by Gasteiger charge is 2.16. The molecule has 0 bridgehead atoms. The van der Waals surface area contributed by atoms with Gasteiger partial charge in [0.15, 0.2) is 0 Å². The molecular formula is C13H22N4O4. The number of nitrogens with zero attached hydrogens (tertiary/aromatic N) is 1. The SMILES string of the molecule is CCCCCCCOC(=O)[C@H](C)Nc1n[nH]c(=O)[nH]c1=O. The third-order valence-corrected chi connectivity index (χ3v) is 2.91. The number of aromatic nitrogens is 3. The Bertz CT molecular complexity index is 552. The average molecular weight is 298 g/mol. The number of esters is 1. The molecule has 1 rings (SSSR count). The van der Waals surface area contributed by atoms with Crippen LogP contribution < -0.4 is 16.6 Å². The maximum Gasteiger partial charge on any atom is 0.342 e. The van der Waals surface area contributed by atoms with Crippen molar-refractivity contribution >= 4 is 11.8 Å². The zero-order valence-corrected chi connectivity index (χ0v) is 12.4. The molecule has 0 aliphatic heterocycles. The molecule has 0 spiro atoms. The van der Waals surface area contributed by atoms with Crippen molar-refractivity contribution in [3.05, 3.63) is 20.8 Å². The second-order valence-corrected chi connectivity index (χ2v) is 4.80. The molecule has 21 heavy (non-hydrogen) atoms. The molecule has 0 saturated heterocycles. The van der Waals surface area contributed by atoms with Gasteiger partial charge in [-0.1, -0.05) is 32.6 Å². The first-order chi connectivity index (χ1) is 10.0. The molecule has 0 aliphatic carbocycles. The number of hydrogen-bond acceptors (Lipinski definition) is 6. The zero-order chi connectivity index (χ0) is 15.7. The third-order valence-electron chi connectivity index (χ3n) is 2.91. The number of hydrogen-bond donors (Lipinski definition) is 3. The normalized spacial score (nSPS) is 11.9. The van der Waals surface area contributed by atoms with Crippen molar-refractivity contribution in [2.24, 2.45) is 0 Å². The van der Waals surface area contributed by atoms with Gasteiger partial charge in [0.2, 0.25) is 5.82 Å². The van der Waals surface area contributed by atoms with Gasteiger partial charge in [-0.2, -0.15) is 0 Å². The van der Waals surface area contributed by atoms with Crippen molar-refractivity contribution in [3.63, 3.8) is 0 Å². The van der Waals surface area contributed by atoms with Crippen LogP contribution in [0.25, 0.3) is 0 Å². The van der Waals surface area contributed by atoms with Crippen LogP contribution in [-0.4, -0.2) is 33.8 Å². The number of carbonyl (C=O) groups excluding carboxylic acids is 1. The Morgan fingerprint density at radius 1 is 1.29 bits per heavy atom. The lowest BCUT2D eigenvalue weighted by molar-refractivity contribution is -0.144. The predicted molar refractivity (Wildman–Crippen MR) is 78.3 cm³/mol. The molecule has 0 aliphatic rings. The van der Waals surface area contributed by atoms with Gasteiger partial charge < -0.3 is 10.1 Å². The molecule has 1 aromatic heterocycles. The summed E-state index contributed by atoms with van der Waals surface area (Å²) in [6.07, 6.45) is 5.35. The fraction of sp³-hybridized carbons (Fsp3) is 0.692. The summed E-state index contributed by atoms with van der Waals surface area (Å²) >= 11 is 0. The van der Waals surface area contributed by atoms with Gasteiger partial charge in [0, 0.05) is 0 Å². The molecule has 0 fully saturated rings. The lowest BCUT2D eigenvalue weighted by Gasteiger charge is -2.12. The minimum atomic E-state index is -0.722. The molecule has 8 nitrogen and oxygen atoms in total. The summed E-state index contributed by atoms with van der Waals surface area (Å²) < 4.78 is 5.11. The maximum absolute atomic E-state index is 11.7. The van der Waals surface area contributed by atoms with Crippen molar-refractivity contribution in [2.45, 2.75) is 52.0 Å². The average Bonchev–Trinajstić information content (AvgIpc) is 2.45. The summed E-state index contributed by atoms with van der Waals surface area (Å²) in [7, 11) is 0. The van der Waals surface area contributed by atoms with Crippen LogP contribution in [-0.2, 0) is 9.53 Å². The van der Waals surface area contributed by atoms with Crippen molar-refractivity contribution in [1.82, 2.24) is 15.2 Å². The molecule has 0 amide bonds. The van der Waals surface area contributed by atoms with Gasteiger partial charge >= 0.3 is 11.7 Å². The van der Waals surface area contributed by atoms with Gasteiger partial charge in [0.25, 0.3) is 5.56 Å². The Labute approximate surface area is 122 Å². The van der Waals surface area contributed by atoms with Crippen molar-refractivity contribution < 1.29 is 9.53 Å². The Hall–Kier alpha value is -2.12. The molecular weight excluding hydrogens is 276 g/mol. The van der Waals surface area contributed by atoms with Crippen LogP contribution in [0.4, 0.5) is 5.82 Å². The fourth-order valence-electron chi connectivity index (χ4n) is 1.71. The second kappa shape index (κ2) is 8.93. The highest BCUT2D eigenvalue weighted by atomic mass is 16.5. The van der Waals surface area contributed by atoms with E-state index < -0.39 is 23.3 Å². The molecule has 118 valence electrons. The Balaban J connectivity index is 2.34. The van der Waals surface area contributed by atoms with Crippen LogP contribution in [0.3, 0.4) is 0 Å². The van der Waals surface area contributed by atoms with Crippen LogP contribution >= 0.6 is 0 Å². The lowest BCUT2D eigenvalue weighted by Crippen LogP contribution is -2.34. The molecule has 0 unspecified atom stereocenters. The van der Waals surface area contributed by atoms with E-state index in [4.69, 9.17) is 4.74 Å². The minimum absolute atomic E-state index is 0.123. The largest absolute Gasteiger partial charge is 0.464 e. The Morgan fingerprint density at radius 3 is 2.67 bits per heavy atom. The molecule has 1 heterocycles. The van der Waals surface area contributed by atoms with E-state index in [1.54, 1.807) is 6.92 Å². The van der Waals surface area contributed by atoms with Gasteiger partial charge in [-0.15, -0.1) is 5.10 Å². The quantitative estimate of drug-likeness (QED) is 0.458. The summed E-state index contributed by atoms with van der Waals surface area (Å²) in [4.78, 5) is 36.0. The molecule has 1 aromatic rings. The maximum atomic E-state index is 11.7. The van der Waals surface area contributed by atoms with Crippen molar-refractivity contribution in [3.8, 4) is 0 Å². The number of anilines is 1. The summed E-state index contributed by atoms with van der Waals surface area (Å²) in [6, 6.07) is -0.722. The van der Waals surface area contributed by atoms with Gasteiger partial charge in [-0.25, -0.2) is 14.7 Å². The molecule has 3 N–H and O–H groups in total. The second-order valence-electron chi connectivity index (χ2n) is 4.80. The monoisotopic (exact) mass is 298 g/mol. The standard InChI is InChI=1S/C13H22N4O4/c1-3-4-5-6-7-8-21-12(19)9(2)14-10-11(18)15-13(20)17-16-10/h9H,3-8H2,1-2H3,(H,14,16)(H2,15,17,18,20)/t9-/m0/s1. The molecule has 0 aromatic carbocycles. The minimum Gasteiger partial charge on any atom is -0.464 e. The van der Waals surface area contributed by atoms with Crippen LogP contribution in [0.15, 0.2) is 9.59 Å². The Morgan fingerprint density at radius 2 is 2.00 bits per heavy atom. The zero-order valence-electron chi connectivity index (χ0n) is 12.4. The first kappa shape index (κ1) is 16.9. The van der Waals surface area contributed by atoms with E-state index in [0.29, 0.717) is 6.61 Å². The Kier molecular flexibility index (Phi) is 7.20. The molecule has 0 radical (unpaired) electrons. The number of H-pyrrole nitrogens is 2. The highest BCUT2D eigenvalue weighted by molar-refractivity contribution is 5.78. The number of unbranched alkanes of at least 4 members (excludes halogenated alkanes) is 4. The van der Waals surface area contributed by atoms with Crippen LogP contribution in [0, 0.1) is 0 Å². The van der Waals surface area contributed by atoms with E-state index in [1.165, 1.54) is 12.8 Å². The fourth-order valence-corrected chi connectivity index (χ4v) is 1.71. The smallest absolute Gasteiger partial charge is 0.342 e. The molecule has 1 atom stereocenters. The van der Waals surface area contributed by atoms with E-state index >= 15 is 0 Å². The number of rotatable bonds is 9. The topological polar surface area (TPSA) is 117 Å². The number of nitrogens with one attached hydrogen (secondary N) is 3. The first-order valence-corrected chi connectivity index (χ1v) is 7.16. The summed E-state index contributed by atoms with van der Waals surface area (Å²) in [5, 5.41) is 8.21. The predicted octanol–water partition coefficient (Wildman–Crippen LogP) is 0.772. The first-order valence-electron chi connectivity index (χ1n) is 7.16. The van der Waals surface area contributed by atoms with Gasteiger partial charge in [-0.3, -0.25) is 9.78 Å². The third kappa shape index (κ3) is 6.24. The van der Waals surface area contributed by atoms with Gasteiger partial charge in [0.05, 0.1) is 6.61 Å². The highest BCUT2D eigenvalue weighted by Crippen LogP contribution is 2.03. The van der Waals surface area contributed by atoms with Gasteiger partial charge in [0.1, 0.15) is 6.04 Å². The van der Waals surface area contributed by atoms with Crippen LogP contribution in [0.1, 0.15) is 46.0 Å². The van der Waals surface area contributed by atoms with E-state index in [1.807, 2.05) is 4.98 Å². The number of aromatic amines is 2. The van der Waals surface area contributed by atoms with Crippen molar-refractivity contribution in [1.29, 1.82) is 0 Å². The van der Waals surface area contributed by atoms with Crippen LogP contribution in [0.5, 0.6) is 0 Å².